The number of aliphatic carboxylic acids is 1. The zero-order valence-corrected chi connectivity index (χ0v) is 18.9. The Bertz CT molecular complexity index is 1040. The fraction of sp³-hybridized carbons (Fsp3) is 0.190. The van der Waals surface area contributed by atoms with Crippen molar-refractivity contribution >= 4 is 68.5 Å². The minimum absolute atomic E-state index is 0.0381. The molecule has 0 aliphatic carbocycles. The molecule has 1 aliphatic rings. The first-order valence-electron chi connectivity index (χ1n) is 8.85. The van der Waals surface area contributed by atoms with E-state index in [1.807, 2.05) is 0 Å². The molecule has 3 rings (SSSR count). The number of nitrogens with zero attached hydrogens (tertiary/aromatic N) is 2. The highest BCUT2D eigenvalue weighted by molar-refractivity contribution is 9.10. The van der Waals surface area contributed by atoms with Gasteiger partial charge in [-0.25, -0.2) is 9.80 Å². The molecule has 0 saturated heterocycles. The largest absolute Gasteiger partial charge is 0.478 e. The molecule has 30 heavy (non-hydrogen) atoms. The fourth-order valence-electron chi connectivity index (χ4n) is 3.02. The van der Waals surface area contributed by atoms with E-state index in [9.17, 15) is 14.7 Å². The summed E-state index contributed by atoms with van der Waals surface area (Å²) in [7, 11) is 1.50. The van der Waals surface area contributed by atoms with Crippen molar-refractivity contribution in [2.75, 3.05) is 18.7 Å². The molecule has 0 saturated carbocycles. The number of carboxylic acid groups (broad SMARTS) is 1. The van der Waals surface area contributed by atoms with Crippen LogP contribution in [0.15, 0.2) is 57.6 Å². The normalized spacial score (nSPS) is 16.7. The average molecular weight is 512 g/mol. The van der Waals surface area contributed by atoms with Crippen molar-refractivity contribution in [1.82, 2.24) is 0 Å². The number of anilines is 1. The van der Waals surface area contributed by atoms with Gasteiger partial charge in [-0.2, -0.15) is 5.10 Å². The van der Waals surface area contributed by atoms with Crippen LogP contribution in [0.25, 0.3) is 6.08 Å². The third-order valence-corrected chi connectivity index (χ3v) is 5.75. The van der Waals surface area contributed by atoms with Gasteiger partial charge in [0.2, 0.25) is 0 Å². The number of rotatable bonds is 7. The first kappa shape index (κ1) is 22.5. The topological polar surface area (TPSA) is 79.2 Å². The Morgan fingerprint density at radius 2 is 1.93 bits per heavy atom. The van der Waals surface area contributed by atoms with E-state index >= 15 is 0 Å². The molecule has 1 aliphatic heterocycles. The zero-order chi connectivity index (χ0) is 21.8. The maximum Gasteiger partial charge on any atom is 0.331 e. The Hall–Kier alpha value is -2.19. The van der Waals surface area contributed by atoms with Gasteiger partial charge in [-0.3, -0.25) is 4.79 Å². The fourth-order valence-corrected chi connectivity index (χ4v) is 3.59. The standard InChI is InChI=1S/C21H17BrCl2N2O4/c1-30-11-19-16(20(27)26(25-19)15-5-3-14(22)4-6-15)10-13(21(28)29)8-12-2-7-17(23)18(24)9-12/h2-9,16H,10-11H2,1H3,(H,28,29). The van der Waals surface area contributed by atoms with E-state index in [2.05, 4.69) is 21.0 Å². The van der Waals surface area contributed by atoms with Crippen molar-refractivity contribution < 1.29 is 19.4 Å². The van der Waals surface area contributed by atoms with Crippen molar-refractivity contribution in [3.05, 3.63) is 68.1 Å². The van der Waals surface area contributed by atoms with Gasteiger partial charge in [-0.15, -0.1) is 0 Å². The summed E-state index contributed by atoms with van der Waals surface area (Å²) in [5.41, 5.74) is 1.67. The van der Waals surface area contributed by atoms with E-state index in [-0.39, 0.29) is 24.5 Å². The van der Waals surface area contributed by atoms with Crippen LogP contribution in [0.1, 0.15) is 12.0 Å². The van der Waals surface area contributed by atoms with Crippen molar-refractivity contribution in [3.63, 3.8) is 0 Å². The zero-order valence-electron chi connectivity index (χ0n) is 15.8. The van der Waals surface area contributed by atoms with E-state index < -0.39 is 11.9 Å². The predicted molar refractivity (Wildman–Crippen MR) is 121 cm³/mol. The number of hydrogen-bond donors (Lipinski definition) is 1. The Kier molecular flexibility index (Phi) is 7.31. The van der Waals surface area contributed by atoms with Gasteiger partial charge in [-0.05, 0) is 54.5 Å². The highest BCUT2D eigenvalue weighted by atomic mass is 79.9. The molecule has 0 spiro atoms. The maximum atomic E-state index is 13.1. The van der Waals surface area contributed by atoms with Crippen LogP contribution in [0, 0.1) is 5.92 Å². The minimum atomic E-state index is -1.13. The van der Waals surface area contributed by atoms with Gasteiger partial charge in [0.25, 0.3) is 5.91 Å². The third-order valence-electron chi connectivity index (χ3n) is 4.48. The second-order valence-corrected chi connectivity index (χ2v) is 8.29. The van der Waals surface area contributed by atoms with Gasteiger partial charge in [-0.1, -0.05) is 45.2 Å². The van der Waals surface area contributed by atoms with Crippen LogP contribution >= 0.6 is 39.1 Å². The molecule has 0 fully saturated rings. The molecule has 1 unspecified atom stereocenters. The van der Waals surface area contributed by atoms with Crippen LogP contribution in [-0.4, -0.2) is 36.4 Å². The van der Waals surface area contributed by atoms with Crippen molar-refractivity contribution in [2.45, 2.75) is 6.42 Å². The predicted octanol–water partition coefficient (Wildman–Crippen LogP) is 5.28. The van der Waals surface area contributed by atoms with E-state index in [1.165, 1.54) is 18.2 Å². The second-order valence-electron chi connectivity index (χ2n) is 6.56. The number of halogens is 3. The summed E-state index contributed by atoms with van der Waals surface area (Å²) < 4.78 is 6.05. The lowest BCUT2D eigenvalue weighted by atomic mass is 9.93. The Morgan fingerprint density at radius 3 is 2.53 bits per heavy atom. The molecule has 1 heterocycles. The Labute approximate surface area is 191 Å². The van der Waals surface area contributed by atoms with Crippen molar-refractivity contribution in [3.8, 4) is 0 Å². The average Bonchev–Trinajstić information content (AvgIpc) is 3.00. The summed E-state index contributed by atoms with van der Waals surface area (Å²) in [6, 6.07) is 11.9. The van der Waals surface area contributed by atoms with Gasteiger partial charge >= 0.3 is 5.97 Å². The SMILES string of the molecule is COCC1=NN(c2ccc(Br)cc2)C(=O)C1CC(=Cc1ccc(Cl)c(Cl)c1)C(=O)O. The third kappa shape index (κ3) is 5.10. The molecule has 2 aromatic carbocycles. The van der Waals surface area contributed by atoms with E-state index in [1.54, 1.807) is 42.5 Å². The summed E-state index contributed by atoms with van der Waals surface area (Å²) in [6.07, 6.45) is 1.44. The van der Waals surface area contributed by atoms with Crippen LogP contribution in [0.4, 0.5) is 5.69 Å². The molecule has 1 N–H and O–H groups in total. The maximum absolute atomic E-state index is 13.1. The van der Waals surface area contributed by atoms with E-state index in [0.29, 0.717) is 27.0 Å². The van der Waals surface area contributed by atoms with Crippen LogP contribution in [0.3, 0.4) is 0 Å². The van der Waals surface area contributed by atoms with Gasteiger partial charge < -0.3 is 9.84 Å². The lowest BCUT2D eigenvalue weighted by molar-refractivity contribution is -0.132. The summed E-state index contributed by atoms with van der Waals surface area (Å²) >= 11 is 15.3. The number of carboxylic acids is 1. The first-order chi connectivity index (χ1) is 14.3. The van der Waals surface area contributed by atoms with Crippen molar-refractivity contribution in [2.24, 2.45) is 11.0 Å². The molecule has 9 heteroatoms. The molecule has 0 radical (unpaired) electrons. The Balaban J connectivity index is 1.91. The molecule has 1 atom stereocenters. The number of carbonyl (C=O) groups excluding carboxylic acids is 1. The van der Waals surface area contributed by atoms with E-state index in [4.69, 9.17) is 27.9 Å². The van der Waals surface area contributed by atoms with Crippen LogP contribution < -0.4 is 5.01 Å². The first-order valence-corrected chi connectivity index (χ1v) is 10.4. The molecule has 156 valence electrons. The van der Waals surface area contributed by atoms with Gasteiger partial charge in [0.1, 0.15) is 0 Å². The number of hydrazone groups is 1. The highest BCUT2D eigenvalue weighted by Crippen LogP contribution is 2.30. The summed E-state index contributed by atoms with van der Waals surface area (Å²) in [6.45, 7) is 0.114. The second kappa shape index (κ2) is 9.75. The number of ether oxygens (including phenoxy) is 1. The van der Waals surface area contributed by atoms with E-state index in [0.717, 1.165) is 4.47 Å². The van der Waals surface area contributed by atoms with Gasteiger partial charge in [0.05, 0.1) is 34.0 Å². The summed E-state index contributed by atoms with van der Waals surface area (Å²) in [4.78, 5) is 24.9. The number of amides is 1. The highest BCUT2D eigenvalue weighted by Gasteiger charge is 2.37. The summed E-state index contributed by atoms with van der Waals surface area (Å²) in [5.74, 6) is -2.20. The molecule has 2 aromatic rings. The van der Waals surface area contributed by atoms with Gasteiger partial charge in [0, 0.05) is 17.2 Å². The van der Waals surface area contributed by atoms with Gasteiger partial charge in [0.15, 0.2) is 0 Å². The quantitative estimate of drug-likeness (QED) is 0.513. The molecule has 6 nitrogen and oxygen atoms in total. The number of benzene rings is 2. The number of carbonyl (C=O) groups is 2. The minimum Gasteiger partial charge on any atom is -0.478 e. The molecular formula is C21H17BrCl2N2O4. The molecule has 1 amide bonds. The number of methoxy groups -OCH3 is 1. The Morgan fingerprint density at radius 1 is 1.23 bits per heavy atom. The van der Waals surface area contributed by atoms with Crippen molar-refractivity contribution in [1.29, 1.82) is 0 Å². The molecule has 0 bridgehead atoms. The smallest absolute Gasteiger partial charge is 0.331 e. The monoisotopic (exact) mass is 510 g/mol. The molecular weight excluding hydrogens is 495 g/mol. The lowest BCUT2D eigenvalue weighted by Crippen LogP contribution is -2.29. The van der Waals surface area contributed by atoms with Crippen LogP contribution in [-0.2, 0) is 14.3 Å². The van der Waals surface area contributed by atoms with Crippen LogP contribution in [0.5, 0.6) is 0 Å². The lowest BCUT2D eigenvalue weighted by Gasteiger charge is -2.15. The number of hydrogen-bond acceptors (Lipinski definition) is 4. The summed E-state index contributed by atoms with van der Waals surface area (Å²) in [5, 5.41) is 16.1. The van der Waals surface area contributed by atoms with Crippen LogP contribution in [0.2, 0.25) is 10.0 Å². The molecule has 0 aromatic heterocycles.